The highest BCUT2D eigenvalue weighted by atomic mass is 31.3. The maximum Gasteiger partial charge on any atom is 0.351 e. The Hall–Kier alpha value is -7.13. The van der Waals surface area contributed by atoms with Gasteiger partial charge < -0.3 is 107 Å². The zero-order chi connectivity index (χ0) is 65.3. The molecular formula is C35H46N20O28P6-6. The van der Waals surface area contributed by atoms with Crippen LogP contribution in [0.25, 0.3) is 22.3 Å². The molecule has 490 valence electrons. The van der Waals surface area contributed by atoms with Crippen molar-refractivity contribution in [3.63, 3.8) is 0 Å². The third-order valence-corrected chi connectivity index (χ3v) is 17.9. The Labute approximate surface area is 492 Å². The number of nitrogens with one attached hydrogen (secondary N) is 4. The second kappa shape index (κ2) is 29.7. The summed E-state index contributed by atoms with van der Waals surface area (Å²) in [4.78, 5) is 167. The number of fused-ring (bicyclic) bond motifs is 3. The molecule has 10 rings (SSSR count). The molecule has 3 aliphatic rings. The quantitative estimate of drug-likeness (QED) is 0.0400. The Bertz CT molecular complexity index is 4130. The molecule has 48 nitrogen and oxygen atoms in total. The number of nitrogen functional groups attached to an aromatic ring is 5. The van der Waals surface area contributed by atoms with Crippen molar-refractivity contribution in [1.82, 2.24) is 68.9 Å². The fourth-order valence-electron chi connectivity index (χ4n) is 7.00. The van der Waals surface area contributed by atoms with E-state index >= 15 is 0 Å². The largest absolute Gasteiger partial charge is 0.756 e. The lowest BCUT2D eigenvalue weighted by atomic mass is 10.2. The van der Waals surface area contributed by atoms with Gasteiger partial charge in [0, 0.05) is 30.8 Å². The Morgan fingerprint density at radius 2 is 1.20 bits per heavy atom. The van der Waals surface area contributed by atoms with E-state index in [1.807, 2.05) is 0 Å². The number of phosphoric ester groups is 2. The number of nitrogens with two attached hydrogens (primary N) is 5. The first-order valence-electron chi connectivity index (χ1n) is 23.1. The molecular weight excluding hydrogens is 1330 g/mol. The van der Waals surface area contributed by atoms with Crippen molar-refractivity contribution >= 4 is 110 Å². The molecule has 0 saturated carbocycles. The lowest BCUT2D eigenvalue weighted by Crippen LogP contribution is -2.29. The molecule has 54 heteroatoms. The number of aromatic amines is 3. The highest BCUT2D eigenvalue weighted by molar-refractivity contribution is 7.65. The summed E-state index contributed by atoms with van der Waals surface area (Å²) in [7, 11) is -35.1. The molecule has 89 heavy (non-hydrogen) atoms. The number of H-pyrrole nitrogens is 3. The molecule has 0 aliphatic carbocycles. The van der Waals surface area contributed by atoms with Crippen LogP contribution in [0.2, 0.25) is 0 Å². The number of anilines is 6. The maximum atomic E-state index is 11.7. The monoisotopic (exact) mass is 1380 g/mol. The lowest BCUT2D eigenvalue weighted by Gasteiger charge is -2.33. The van der Waals surface area contributed by atoms with Crippen LogP contribution in [0, 0.1) is 0 Å². The number of ether oxygens (including phenoxy) is 2. The molecule has 12 atom stereocenters. The number of hydrogen-bond donors (Lipinski definition) is 13. The standard InChI is InChI=1S/C10H16N5O12P3.C9H16N3O13P3.C6H6N4O2.C5H5N5.C4H5N3O.CH4/c11-9-8-10(13-3-12-9)15(4-14-8)7-1-5(16)6(25-7)2-24-29(20,21)27-30(22,23)26-28(17,18)19;10-7-1-2-12(9(14)11-7)8-3-5(13)6(23-8)4-22-27(18,19)25-28(20,21)24-26(15,16)17;7-4-2-1-3(11)8-5(2)10-6(12)9-4;6-4-3-5(9-1-7-3)10-2-8-4;5-3-1-2-6-4(8)7-3;/h3-7,16H,1-2H2,(H,20,21)(H,22,23)(H2,11,12,13)(H2,17,18,19);1-2,5-6,8,13H,3-4H2,(H,18,19)(H,20,21)(H2,10,11,14)(H2,15,16,17);1H2,(H4,7,8,9,10,11,12);1-2H,(H3,6,7,8,9,10);1-2H,(H3,5,6,7,8);1H4/p-6/t5?,6-,7-;5?,6-,8-;;;;/m11..../s1. The minimum atomic E-state index is -6.03. The number of rotatable bonds is 16. The van der Waals surface area contributed by atoms with E-state index in [-0.39, 0.29) is 67.0 Å². The summed E-state index contributed by atoms with van der Waals surface area (Å²) >= 11 is 0. The maximum absolute atomic E-state index is 11.7. The van der Waals surface area contributed by atoms with Crippen LogP contribution < -0.4 is 80.4 Å². The molecule has 2 saturated heterocycles. The van der Waals surface area contributed by atoms with Crippen molar-refractivity contribution in [3.8, 4) is 0 Å². The van der Waals surface area contributed by atoms with E-state index in [9.17, 15) is 86.1 Å². The summed E-state index contributed by atoms with van der Waals surface area (Å²) in [5.41, 5.74) is 27.8. The number of aliphatic hydroxyl groups excluding tert-OH is 2. The minimum absolute atomic E-state index is 0. The molecule has 3 aliphatic heterocycles. The van der Waals surface area contributed by atoms with Gasteiger partial charge in [-0.05, 0) is 12.1 Å². The van der Waals surface area contributed by atoms with Crippen molar-refractivity contribution in [1.29, 1.82) is 0 Å². The fraction of sp³-hybridized carbons (Fsp3) is 0.343. The number of aliphatic hydroxyl groups is 2. The average molecular weight is 1380 g/mol. The molecule has 7 aromatic rings. The number of carbonyl (C=O) groups is 1. The first-order chi connectivity index (χ1) is 40.8. The lowest BCUT2D eigenvalue weighted by molar-refractivity contribution is -0.254. The molecule has 18 N–H and O–H groups in total. The molecule has 0 spiro atoms. The van der Waals surface area contributed by atoms with Gasteiger partial charge in [0.1, 0.15) is 71.6 Å². The second-order valence-electron chi connectivity index (χ2n) is 16.8. The predicted molar refractivity (Wildman–Crippen MR) is 282 cm³/mol. The Kier molecular flexibility index (Phi) is 24.2. The zero-order valence-electron chi connectivity index (χ0n) is 43.2. The Morgan fingerprint density at radius 1 is 0.652 bits per heavy atom. The number of imidazole rings is 2. The second-order valence-corrected chi connectivity index (χ2v) is 25.4. The van der Waals surface area contributed by atoms with Crippen LogP contribution in [-0.2, 0) is 74.4 Å². The van der Waals surface area contributed by atoms with E-state index in [0.29, 0.717) is 28.4 Å². The zero-order valence-corrected chi connectivity index (χ0v) is 48.6. The van der Waals surface area contributed by atoms with Gasteiger partial charge in [0.15, 0.2) is 22.9 Å². The van der Waals surface area contributed by atoms with Gasteiger partial charge in [-0.1, -0.05) is 7.43 Å². The summed E-state index contributed by atoms with van der Waals surface area (Å²) < 4.78 is 101. The molecule has 10 heterocycles. The molecule has 1 amide bonds. The number of hydrogen-bond acceptors (Lipinski definition) is 40. The predicted octanol–water partition coefficient (Wildman–Crippen LogP) is -6.80. The van der Waals surface area contributed by atoms with Crippen LogP contribution >= 0.6 is 46.9 Å². The summed E-state index contributed by atoms with van der Waals surface area (Å²) in [6, 6.07) is 2.80. The fourth-order valence-corrected chi connectivity index (χ4v) is 12.8. The molecule has 2 fully saturated rings. The van der Waals surface area contributed by atoms with Gasteiger partial charge in [-0.15, -0.1) is 0 Å². The van der Waals surface area contributed by atoms with Crippen LogP contribution in [-0.4, -0.2) is 132 Å². The van der Waals surface area contributed by atoms with Crippen LogP contribution in [0.4, 0.5) is 34.9 Å². The van der Waals surface area contributed by atoms with E-state index in [0.717, 1.165) is 4.57 Å². The minimum Gasteiger partial charge on any atom is -0.756 e. The van der Waals surface area contributed by atoms with E-state index in [1.54, 1.807) is 0 Å². The smallest absolute Gasteiger partial charge is 0.351 e. The number of amides is 1. The van der Waals surface area contributed by atoms with Gasteiger partial charge >= 0.3 is 17.1 Å². The molecule has 0 bridgehead atoms. The van der Waals surface area contributed by atoms with Gasteiger partial charge in [0.25, 0.3) is 46.9 Å². The van der Waals surface area contributed by atoms with Crippen LogP contribution in [0.15, 0.2) is 64.2 Å². The van der Waals surface area contributed by atoms with Gasteiger partial charge in [0.05, 0.1) is 44.5 Å². The highest BCUT2D eigenvalue weighted by Crippen LogP contribution is 2.62. The van der Waals surface area contributed by atoms with Crippen LogP contribution in [0.5, 0.6) is 0 Å². The van der Waals surface area contributed by atoms with Crippen molar-refractivity contribution in [2.75, 3.05) is 47.2 Å². The number of phosphoric acid groups is 6. The molecule has 0 radical (unpaired) electrons. The highest BCUT2D eigenvalue weighted by Gasteiger charge is 2.39. The van der Waals surface area contributed by atoms with E-state index < -0.39 is 114 Å². The van der Waals surface area contributed by atoms with E-state index in [2.05, 4.69) is 91.4 Å². The number of aromatic nitrogens is 14. The molecule has 8 unspecified atom stereocenters. The normalized spacial score (nSPS) is 22.5. The van der Waals surface area contributed by atoms with Crippen LogP contribution in [0.3, 0.4) is 0 Å². The third-order valence-electron chi connectivity index (χ3n) is 10.5. The molecule has 7 aromatic heterocycles. The average Bonchev–Trinajstić information content (AvgIpc) is 1.72. The first kappa shape index (κ1) is 72.6. The summed E-state index contributed by atoms with van der Waals surface area (Å²) in [6.07, 6.45) is 0.912. The van der Waals surface area contributed by atoms with E-state index in [4.69, 9.17) is 47.9 Å². The van der Waals surface area contributed by atoms with Crippen molar-refractivity contribution in [2.45, 2.75) is 63.6 Å². The Balaban J connectivity index is 0.000000221. The first-order valence-corrected chi connectivity index (χ1v) is 31.9. The summed E-state index contributed by atoms with van der Waals surface area (Å²) in [6.45, 7) is -1.85. The van der Waals surface area contributed by atoms with Gasteiger partial charge in [0.2, 0.25) is 5.91 Å². The van der Waals surface area contributed by atoms with Gasteiger partial charge in [-0.25, -0.2) is 66.5 Å². The summed E-state index contributed by atoms with van der Waals surface area (Å²) in [5, 5.41) is 22.4. The van der Waals surface area contributed by atoms with E-state index in [1.165, 1.54) is 54.4 Å². The summed E-state index contributed by atoms with van der Waals surface area (Å²) in [5.74, 6) is 1.12. The number of carbonyl (C=O) groups excluding carboxylic acids is 1. The van der Waals surface area contributed by atoms with Crippen LogP contribution in [0.1, 0.15) is 38.3 Å². The van der Waals surface area contributed by atoms with Crippen molar-refractivity contribution < 1.29 is 117 Å². The van der Waals surface area contributed by atoms with Crippen molar-refractivity contribution in [2.24, 2.45) is 0 Å². The molecule has 0 aromatic carbocycles. The topological polar surface area (TPSA) is 779 Å². The van der Waals surface area contributed by atoms with Gasteiger partial charge in [-0.3, -0.25) is 51.3 Å². The number of nitrogens with zero attached hydrogens (tertiary/aromatic N) is 11. The SMILES string of the molecule is C.Nc1[nH]c(=O)nc2c1CC(=O)N2.Nc1ccn([C@H]2CC(O)[C@@H](COP(=O)([O-])OP(=O)([O-])OP(=O)([O-])O)O2)c(=O)n1.Nc1ccnc(=O)[nH]1.Nc1ncnc2c1ncn2[C@H]1CC(O)[C@@H](COP(=O)([O-])OP(=O)([O-])OP(=O)([O-])O)O1.Nc1ncnc2nc[nH]c12. The van der Waals surface area contributed by atoms with Gasteiger partial charge in [-0.2, -0.15) is 9.97 Å². The third kappa shape index (κ3) is 22.1. The Morgan fingerprint density at radius 3 is 1.72 bits per heavy atom. The van der Waals surface area contributed by atoms with Crippen molar-refractivity contribution in [3.05, 3.63) is 86.9 Å².